The van der Waals surface area contributed by atoms with E-state index in [0.717, 1.165) is 25.7 Å². The number of benzene rings is 2. The monoisotopic (exact) mass is 306 g/mol. The fraction of sp³-hybridized carbons (Fsp3) is 0. The molecule has 0 spiro atoms. The Hall–Kier alpha value is -1.29. The van der Waals surface area contributed by atoms with Gasteiger partial charge in [0.05, 0.1) is 0 Å². The summed E-state index contributed by atoms with van der Waals surface area (Å²) in [6.07, 6.45) is 0. The first-order valence-corrected chi connectivity index (χ1v) is 7.15. The van der Waals surface area contributed by atoms with Crippen LogP contribution in [-0.2, 0) is 0 Å². The van der Waals surface area contributed by atoms with Gasteiger partial charge in [0, 0.05) is 20.7 Å². The van der Waals surface area contributed by atoms with Gasteiger partial charge in [-0.15, -0.1) is 10.2 Å². The van der Waals surface area contributed by atoms with Crippen LogP contribution < -0.4 is 0 Å². The van der Waals surface area contributed by atoms with E-state index in [4.69, 9.17) is 23.2 Å². The Morgan fingerprint density at radius 3 is 2.21 bits per heavy atom. The van der Waals surface area contributed by atoms with Gasteiger partial charge in [0.15, 0.2) is 5.15 Å². The maximum atomic E-state index is 6.05. The van der Waals surface area contributed by atoms with Crippen molar-refractivity contribution in [3.63, 3.8) is 0 Å². The lowest BCUT2D eigenvalue weighted by Crippen LogP contribution is -1.89. The van der Waals surface area contributed by atoms with Crippen LogP contribution in [0.25, 0.3) is 10.8 Å². The van der Waals surface area contributed by atoms with Crippen molar-refractivity contribution in [2.24, 2.45) is 0 Å². The molecule has 2 nitrogen and oxygen atoms in total. The van der Waals surface area contributed by atoms with Gasteiger partial charge in [-0.05, 0) is 24.3 Å². The van der Waals surface area contributed by atoms with Gasteiger partial charge in [0.1, 0.15) is 5.03 Å². The predicted molar refractivity (Wildman–Crippen MR) is 80.1 cm³/mol. The second kappa shape index (κ2) is 5.37. The van der Waals surface area contributed by atoms with E-state index >= 15 is 0 Å². The van der Waals surface area contributed by atoms with Gasteiger partial charge >= 0.3 is 0 Å². The minimum absolute atomic E-state index is 0.427. The number of halogens is 2. The third-order valence-electron chi connectivity index (χ3n) is 2.64. The fourth-order valence-corrected chi connectivity index (χ4v) is 2.93. The van der Waals surface area contributed by atoms with E-state index in [9.17, 15) is 0 Å². The molecule has 5 heteroatoms. The molecule has 0 atom stereocenters. The molecule has 3 rings (SSSR count). The van der Waals surface area contributed by atoms with E-state index in [2.05, 4.69) is 10.2 Å². The summed E-state index contributed by atoms with van der Waals surface area (Å²) in [6.45, 7) is 0. The van der Waals surface area contributed by atoms with Crippen molar-refractivity contribution in [2.75, 3.05) is 0 Å². The molecule has 0 aliphatic carbocycles. The number of fused-ring (bicyclic) bond motifs is 1. The Labute approximate surface area is 124 Å². The lowest BCUT2D eigenvalue weighted by Gasteiger charge is -2.05. The van der Waals surface area contributed by atoms with E-state index in [0.29, 0.717) is 5.15 Å². The van der Waals surface area contributed by atoms with Crippen molar-refractivity contribution in [3.05, 3.63) is 58.7 Å². The van der Waals surface area contributed by atoms with Crippen molar-refractivity contribution >= 4 is 45.7 Å². The smallest absolute Gasteiger partial charge is 0.142 e. The molecule has 0 saturated carbocycles. The molecule has 0 aliphatic rings. The van der Waals surface area contributed by atoms with Gasteiger partial charge in [-0.1, -0.05) is 59.2 Å². The predicted octanol–water partition coefficient (Wildman–Crippen LogP) is 5.09. The molecule has 0 radical (unpaired) electrons. The van der Waals surface area contributed by atoms with Crippen LogP contribution >= 0.6 is 35.0 Å². The van der Waals surface area contributed by atoms with Crippen molar-refractivity contribution in [1.29, 1.82) is 0 Å². The van der Waals surface area contributed by atoms with Crippen molar-refractivity contribution in [3.8, 4) is 0 Å². The van der Waals surface area contributed by atoms with Crippen LogP contribution in [0.3, 0.4) is 0 Å². The summed E-state index contributed by atoms with van der Waals surface area (Å²) in [6, 6.07) is 15.5. The molecule has 0 saturated heterocycles. The van der Waals surface area contributed by atoms with Gasteiger partial charge in [-0.3, -0.25) is 0 Å². The van der Waals surface area contributed by atoms with Crippen LogP contribution in [0.1, 0.15) is 0 Å². The summed E-state index contributed by atoms with van der Waals surface area (Å²) >= 11 is 13.5. The molecule has 0 fully saturated rings. The number of rotatable bonds is 2. The molecular weight excluding hydrogens is 299 g/mol. The lowest BCUT2D eigenvalue weighted by molar-refractivity contribution is 0.956. The minimum atomic E-state index is 0.427. The van der Waals surface area contributed by atoms with Crippen LogP contribution in [0.2, 0.25) is 10.2 Å². The number of hydrogen-bond acceptors (Lipinski definition) is 3. The molecule has 3 aromatic rings. The third kappa shape index (κ3) is 2.68. The van der Waals surface area contributed by atoms with Gasteiger partial charge in [0.25, 0.3) is 0 Å². The Morgan fingerprint density at radius 2 is 1.47 bits per heavy atom. The number of hydrogen-bond donors (Lipinski definition) is 0. The average molecular weight is 307 g/mol. The summed E-state index contributed by atoms with van der Waals surface area (Å²) < 4.78 is 0. The highest BCUT2D eigenvalue weighted by molar-refractivity contribution is 7.99. The highest BCUT2D eigenvalue weighted by Gasteiger charge is 2.08. The summed E-state index contributed by atoms with van der Waals surface area (Å²) in [5, 5.41) is 12.1. The first kappa shape index (κ1) is 12.7. The molecular formula is C14H8Cl2N2S. The third-order valence-corrected chi connectivity index (χ3v) is 4.17. The quantitative estimate of drug-likeness (QED) is 0.659. The SMILES string of the molecule is Clc1ccc(Sc2nnc(Cl)c3ccccc23)cc1. The van der Waals surface area contributed by atoms with Crippen LogP contribution in [-0.4, -0.2) is 10.2 Å². The standard InChI is InChI=1S/C14H8Cl2N2S/c15-9-5-7-10(8-6-9)19-14-12-4-2-1-3-11(12)13(16)17-18-14/h1-8H. The van der Waals surface area contributed by atoms with Gasteiger partial charge in [-0.2, -0.15) is 0 Å². The van der Waals surface area contributed by atoms with E-state index in [1.165, 1.54) is 0 Å². The molecule has 0 amide bonds. The van der Waals surface area contributed by atoms with Crippen LogP contribution in [0.4, 0.5) is 0 Å². The average Bonchev–Trinajstić information content (AvgIpc) is 2.45. The first-order chi connectivity index (χ1) is 9.24. The lowest BCUT2D eigenvalue weighted by atomic mass is 10.2. The number of nitrogens with zero attached hydrogens (tertiary/aromatic N) is 2. The molecule has 0 N–H and O–H groups in total. The summed E-state index contributed by atoms with van der Waals surface area (Å²) in [7, 11) is 0. The molecule has 0 aliphatic heterocycles. The molecule has 19 heavy (non-hydrogen) atoms. The minimum Gasteiger partial charge on any atom is -0.142 e. The highest BCUT2D eigenvalue weighted by atomic mass is 35.5. The van der Waals surface area contributed by atoms with Crippen LogP contribution in [0.5, 0.6) is 0 Å². The van der Waals surface area contributed by atoms with E-state index in [-0.39, 0.29) is 0 Å². The Morgan fingerprint density at radius 1 is 0.789 bits per heavy atom. The van der Waals surface area contributed by atoms with Gasteiger partial charge in [-0.25, -0.2) is 0 Å². The second-order valence-electron chi connectivity index (χ2n) is 3.90. The van der Waals surface area contributed by atoms with Crippen molar-refractivity contribution in [1.82, 2.24) is 10.2 Å². The largest absolute Gasteiger partial charge is 0.159 e. The maximum Gasteiger partial charge on any atom is 0.159 e. The molecule has 94 valence electrons. The second-order valence-corrected chi connectivity index (χ2v) is 5.75. The fourth-order valence-electron chi connectivity index (χ4n) is 1.74. The first-order valence-electron chi connectivity index (χ1n) is 5.58. The summed E-state index contributed by atoms with van der Waals surface area (Å²) in [5.74, 6) is 0. The Balaban J connectivity index is 2.06. The zero-order chi connectivity index (χ0) is 13.2. The molecule has 1 aromatic heterocycles. The Bertz CT molecular complexity index is 729. The summed E-state index contributed by atoms with van der Waals surface area (Å²) in [4.78, 5) is 1.06. The van der Waals surface area contributed by atoms with E-state index in [1.807, 2.05) is 48.5 Å². The molecule has 0 bridgehead atoms. The normalized spacial score (nSPS) is 10.8. The Kier molecular flexibility index (Phi) is 3.60. The van der Waals surface area contributed by atoms with E-state index < -0.39 is 0 Å². The number of aromatic nitrogens is 2. The van der Waals surface area contributed by atoms with Gasteiger partial charge in [0.2, 0.25) is 0 Å². The maximum absolute atomic E-state index is 6.05. The topological polar surface area (TPSA) is 25.8 Å². The molecule has 1 heterocycles. The van der Waals surface area contributed by atoms with Gasteiger partial charge < -0.3 is 0 Å². The highest BCUT2D eigenvalue weighted by Crippen LogP contribution is 2.33. The molecule has 2 aromatic carbocycles. The van der Waals surface area contributed by atoms with Crippen molar-refractivity contribution in [2.45, 2.75) is 9.92 Å². The van der Waals surface area contributed by atoms with E-state index in [1.54, 1.807) is 11.8 Å². The summed E-state index contributed by atoms with van der Waals surface area (Å²) in [5.41, 5.74) is 0. The van der Waals surface area contributed by atoms with Crippen LogP contribution in [0, 0.1) is 0 Å². The van der Waals surface area contributed by atoms with Crippen molar-refractivity contribution < 1.29 is 0 Å². The zero-order valence-electron chi connectivity index (χ0n) is 9.68. The zero-order valence-corrected chi connectivity index (χ0v) is 12.0. The molecule has 0 unspecified atom stereocenters. The van der Waals surface area contributed by atoms with Crippen LogP contribution in [0.15, 0.2) is 58.5 Å².